The maximum Gasteiger partial charge on any atom is 0.224 e. The normalized spacial score (nSPS) is 23.7. The van der Waals surface area contributed by atoms with Gasteiger partial charge in [0, 0.05) is 64.7 Å². The molecule has 2 aliphatic rings. The molecular weight excluding hydrogens is 334 g/mol. The van der Waals surface area contributed by atoms with E-state index in [9.17, 15) is 9.59 Å². The van der Waals surface area contributed by atoms with E-state index >= 15 is 0 Å². The molecule has 144 valence electrons. The van der Waals surface area contributed by atoms with Crippen molar-refractivity contribution in [1.29, 1.82) is 0 Å². The van der Waals surface area contributed by atoms with Crippen molar-refractivity contribution in [3.05, 3.63) is 12.7 Å². The Kier molecular flexibility index (Phi) is 6.24. The van der Waals surface area contributed by atoms with Gasteiger partial charge >= 0.3 is 0 Å². The van der Waals surface area contributed by atoms with Gasteiger partial charge in [0.05, 0.1) is 0 Å². The number of amides is 2. The highest BCUT2D eigenvalue weighted by atomic mass is 16.5. The summed E-state index contributed by atoms with van der Waals surface area (Å²) in [6.45, 7) is 4.38. The van der Waals surface area contributed by atoms with Gasteiger partial charge in [0.15, 0.2) is 0 Å². The summed E-state index contributed by atoms with van der Waals surface area (Å²) in [5.74, 6) is 0.420. The summed E-state index contributed by atoms with van der Waals surface area (Å²) in [5, 5.41) is 7.54. The summed E-state index contributed by atoms with van der Waals surface area (Å²) in [7, 11) is 1.68. The van der Waals surface area contributed by atoms with Gasteiger partial charge in [-0.05, 0) is 25.7 Å². The van der Waals surface area contributed by atoms with E-state index in [4.69, 9.17) is 4.74 Å². The number of hydrogen-bond donors (Lipinski definition) is 0. The molecule has 8 nitrogen and oxygen atoms in total. The molecule has 2 fully saturated rings. The first kappa shape index (κ1) is 18.8. The van der Waals surface area contributed by atoms with Crippen LogP contribution in [0.1, 0.15) is 38.5 Å². The van der Waals surface area contributed by atoms with Gasteiger partial charge in [0.2, 0.25) is 11.8 Å². The molecule has 1 atom stereocenters. The number of piperidine rings is 2. The molecule has 1 aromatic rings. The fourth-order valence-corrected chi connectivity index (χ4v) is 4.18. The van der Waals surface area contributed by atoms with Crippen LogP contribution < -0.4 is 0 Å². The molecule has 2 aliphatic heterocycles. The first-order valence-corrected chi connectivity index (χ1v) is 9.49. The summed E-state index contributed by atoms with van der Waals surface area (Å²) in [4.78, 5) is 28.9. The second-order valence-electron chi connectivity index (χ2n) is 7.53. The van der Waals surface area contributed by atoms with E-state index in [1.54, 1.807) is 19.8 Å². The zero-order chi connectivity index (χ0) is 18.4. The summed E-state index contributed by atoms with van der Waals surface area (Å²) < 4.78 is 6.94. The minimum Gasteiger partial charge on any atom is -0.385 e. The van der Waals surface area contributed by atoms with Crippen LogP contribution in [0.25, 0.3) is 0 Å². The number of aryl methyl sites for hydroxylation is 1. The van der Waals surface area contributed by atoms with Gasteiger partial charge in [-0.1, -0.05) is 0 Å². The number of nitrogens with zero attached hydrogens (tertiary/aromatic N) is 5. The highest BCUT2D eigenvalue weighted by Gasteiger charge is 2.42. The van der Waals surface area contributed by atoms with Crippen LogP contribution in [0.3, 0.4) is 0 Å². The molecule has 2 amide bonds. The van der Waals surface area contributed by atoms with E-state index in [-0.39, 0.29) is 17.2 Å². The third-order valence-corrected chi connectivity index (χ3v) is 5.59. The van der Waals surface area contributed by atoms with Crippen LogP contribution in [0.2, 0.25) is 0 Å². The van der Waals surface area contributed by atoms with Gasteiger partial charge in [-0.3, -0.25) is 9.59 Å². The van der Waals surface area contributed by atoms with Crippen LogP contribution in [0, 0.1) is 5.41 Å². The SMILES string of the molecule is COCCCN1C[C@]2(CCCN(C(=O)CCn3cnnc3)C2)CCC1=O. The second kappa shape index (κ2) is 8.62. The van der Waals surface area contributed by atoms with Gasteiger partial charge in [-0.15, -0.1) is 10.2 Å². The highest BCUT2D eigenvalue weighted by Crippen LogP contribution is 2.39. The molecule has 8 heteroatoms. The largest absolute Gasteiger partial charge is 0.385 e. The van der Waals surface area contributed by atoms with E-state index in [0.717, 1.165) is 51.9 Å². The first-order valence-electron chi connectivity index (χ1n) is 9.49. The van der Waals surface area contributed by atoms with Crippen molar-refractivity contribution < 1.29 is 14.3 Å². The van der Waals surface area contributed by atoms with Crippen LogP contribution in [0.15, 0.2) is 12.7 Å². The highest BCUT2D eigenvalue weighted by molar-refractivity contribution is 5.78. The lowest BCUT2D eigenvalue weighted by Crippen LogP contribution is -2.55. The molecule has 0 radical (unpaired) electrons. The number of ether oxygens (including phenoxy) is 1. The zero-order valence-electron chi connectivity index (χ0n) is 15.6. The molecule has 3 rings (SSSR count). The fraction of sp³-hybridized carbons (Fsp3) is 0.778. The lowest BCUT2D eigenvalue weighted by Gasteiger charge is -2.48. The molecule has 0 saturated carbocycles. The van der Waals surface area contributed by atoms with Crippen molar-refractivity contribution in [3.63, 3.8) is 0 Å². The Balaban J connectivity index is 1.55. The molecule has 0 bridgehead atoms. The molecule has 0 unspecified atom stereocenters. The molecule has 1 aromatic heterocycles. The van der Waals surface area contributed by atoms with Crippen molar-refractivity contribution in [2.45, 2.75) is 45.1 Å². The zero-order valence-corrected chi connectivity index (χ0v) is 15.6. The topological polar surface area (TPSA) is 80.6 Å². The Morgan fingerprint density at radius 3 is 2.81 bits per heavy atom. The summed E-state index contributed by atoms with van der Waals surface area (Å²) in [6, 6.07) is 0. The lowest BCUT2D eigenvalue weighted by atomic mass is 9.73. The van der Waals surface area contributed by atoms with Gasteiger partial charge in [0.25, 0.3) is 0 Å². The van der Waals surface area contributed by atoms with Crippen LogP contribution in [0.4, 0.5) is 0 Å². The maximum atomic E-state index is 12.7. The van der Waals surface area contributed by atoms with E-state index in [2.05, 4.69) is 10.2 Å². The van der Waals surface area contributed by atoms with Crippen molar-refractivity contribution in [1.82, 2.24) is 24.6 Å². The van der Waals surface area contributed by atoms with Gasteiger partial charge in [0.1, 0.15) is 12.7 Å². The van der Waals surface area contributed by atoms with Crippen molar-refractivity contribution in [3.8, 4) is 0 Å². The predicted octanol–water partition coefficient (Wildman–Crippen LogP) is 0.936. The van der Waals surface area contributed by atoms with E-state index in [0.29, 0.717) is 26.0 Å². The minimum atomic E-state index is 0.0610. The minimum absolute atomic E-state index is 0.0610. The van der Waals surface area contributed by atoms with E-state index in [1.165, 1.54) is 0 Å². The molecule has 1 spiro atoms. The summed E-state index contributed by atoms with van der Waals surface area (Å²) in [5.41, 5.74) is 0.0610. The number of likely N-dealkylation sites (tertiary alicyclic amines) is 2. The van der Waals surface area contributed by atoms with Crippen molar-refractivity contribution >= 4 is 11.8 Å². The predicted molar refractivity (Wildman–Crippen MR) is 95.2 cm³/mol. The molecule has 26 heavy (non-hydrogen) atoms. The monoisotopic (exact) mass is 363 g/mol. The van der Waals surface area contributed by atoms with Crippen LogP contribution in [-0.4, -0.2) is 76.3 Å². The average Bonchev–Trinajstić information content (AvgIpc) is 3.17. The smallest absolute Gasteiger partial charge is 0.224 e. The van der Waals surface area contributed by atoms with E-state index < -0.39 is 0 Å². The molecule has 0 N–H and O–H groups in total. The number of rotatable bonds is 7. The Bertz CT molecular complexity index is 606. The van der Waals surface area contributed by atoms with Crippen LogP contribution in [0.5, 0.6) is 0 Å². The molecular formula is C18H29N5O3. The number of carbonyl (C=O) groups is 2. The van der Waals surface area contributed by atoms with Crippen molar-refractivity contribution in [2.24, 2.45) is 5.41 Å². The quantitative estimate of drug-likeness (QED) is 0.674. The lowest BCUT2D eigenvalue weighted by molar-refractivity contribution is -0.143. The van der Waals surface area contributed by atoms with Crippen LogP contribution in [-0.2, 0) is 20.9 Å². The van der Waals surface area contributed by atoms with Gasteiger partial charge in [-0.2, -0.15) is 0 Å². The third kappa shape index (κ3) is 4.60. The molecule has 3 heterocycles. The summed E-state index contributed by atoms with van der Waals surface area (Å²) >= 11 is 0. The third-order valence-electron chi connectivity index (χ3n) is 5.59. The first-order chi connectivity index (χ1) is 12.6. The van der Waals surface area contributed by atoms with Crippen LogP contribution >= 0.6 is 0 Å². The number of methoxy groups -OCH3 is 1. The molecule has 0 aromatic carbocycles. The molecule has 2 saturated heterocycles. The van der Waals surface area contributed by atoms with Gasteiger partial charge < -0.3 is 19.1 Å². The second-order valence-corrected chi connectivity index (χ2v) is 7.53. The average molecular weight is 363 g/mol. The number of carbonyl (C=O) groups excluding carboxylic acids is 2. The fourth-order valence-electron chi connectivity index (χ4n) is 4.18. The number of hydrogen-bond acceptors (Lipinski definition) is 5. The van der Waals surface area contributed by atoms with E-state index in [1.807, 2.05) is 14.4 Å². The number of aromatic nitrogens is 3. The Morgan fingerprint density at radius 2 is 2.04 bits per heavy atom. The van der Waals surface area contributed by atoms with Gasteiger partial charge in [-0.25, -0.2) is 0 Å². The Labute approximate surface area is 154 Å². The molecule has 0 aliphatic carbocycles. The van der Waals surface area contributed by atoms with Crippen molar-refractivity contribution in [2.75, 3.05) is 39.9 Å². The standard InChI is InChI=1S/C18H29N5O3/c1-26-11-3-9-23-13-18(7-4-16(23)24)6-2-8-22(12-18)17(25)5-10-21-14-19-20-15-21/h14-15H,2-13H2,1H3/t18-/m1/s1. The Morgan fingerprint density at radius 1 is 1.23 bits per heavy atom. The Hall–Kier alpha value is -1.96. The maximum absolute atomic E-state index is 12.7. The summed E-state index contributed by atoms with van der Waals surface area (Å²) in [6.07, 6.45) is 8.18.